The van der Waals surface area contributed by atoms with Crippen LogP contribution >= 0.6 is 11.3 Å². The highest BCUT2D eigenvalue weighted by atomic mass is 32.1. The standard InChI is InChI=1S/C71H51NS/c1-4-18-49(19-5-1)54(42-48-32-40-63-62-29-16-17-31-68(62)73-69(63)43-48)33-34-55-46-67-70(64-30-15-14-28-61(55)64)65-41-39-60(72(58-24-6-2-7-25-58)59-26-8-3-9-27-59)47-66(65)71(67,56-37-35-50-20-10-12-22-52(50)44-56)57-38-36-51-21-11-13-23-53(51)45-57/h1-32,35-41,43-47,54H,33-34,42H2. The second-order valence-electron chi connectivity index (χ2n) is 19.9. The number of benzene rings is 12. The van der Waals surface area contributed by atoms with Crippen LogP contribution in [-0.2, 0) is 18.3 Å². The van der Waals surface area contributed by atoms with Gasteiger partial charge in [-0.15, -0.1) is 11.3 Å². The molecule has 346 valence electrons. The largest absolute Gasteiger partial charge is 0.310 e. The van der Waals surface area contributed by atoms with E-state index >= 15 is 0 Å². The van der Waals surface area contributed by atoms with Crippen molar-refractivity contribution in [1.29, 1.82) is 0 Å². The van der Waals surface area contributed by atoms with Gasteiger partial charge in [0.15, 0.2) is 0 Å². The zero-order chi connectivity index (χ0) is 48.3. The first-order valence-corrected chi connectivity index (χ1v) is 26.5. The van der Waals surface area contributed by atoms with Crippen LogP contribution in [0.5, 0.6) is 0 Å². The average molecular weight is 950 g/mol. The monoisotopic (exact) mass is 949 g/mol. The minimum atomic E-state index is -0.676. The van der Waals surface area contributed by atoms with Crippen LogP contribution in [0.2, 0.25) is 0 Å². The lowest BCUT2D eigenvalue weighted by Gasteiger charge is -2.36. The maximum Gasteiger partial charge on any atom is 0.0715 e. The predicted octanol–water partition coefficient (Wildman–Crippen LogP) is 19.3. The van der Waals surface area contributed by atoms with Crippen molar-refractivity contribution >= 4 is 80.9 Å². The van der Waals surface area contributed by atoms with E-state index in [0.29, 0.717) is 5.92 Å². The lowest BCUT2D eigenvalue weighted by atomic mass is 9.66. The van der Waals surface area contributed by atoms with Crippen molar-refractivity contribution in [3.05, 3.63) is 306 Å². The van der Waals surface area contributed by atoms with E-state index in [9.17, 15) is 0 Å². The molecule has 1 atom stereocenters. The maximum absolute atomic E-state index is 2.64. The molecule has 0 spiro atoms. The van der Waals surface area contributed by atoms with Crippen LogP contribution in [0.3, 0.4) is 0 Å². The smallest absolute Gasteiger partial charge is 0.0715 e. The van der Waals surface area contributed by atoms with E-state index in [2.05, 4.69) is 272 Å². The summed E-state index contributed by atoms with van der Waals surface area (Å²) >= 11 is 1.91. The fourth-order valence-electron chi connectivity index (χ4n) is 12.4. The summed E-state index contributed by atoms with van der Waals surface area (Å²) in [6, 6.07) is 100. The molecule has 1 aromatic heterocycles. The number of hydrogen-bond acceptors (Lipinski definition) is 2. The summed E-state index contributed by atoms with van der Waals surface area (Å²) in [5.74, 6) is 0.326. The van der Waals surface area contributed by atoms with Crippen molar-refractivity contribution in [3.8, 4) is 11.1 Å². The molecule has 73 heavy (non-hydrogen) atoms. The number of fused-ring (bicyclic) bond motifs is 10. The fourth-order valence-corrected chi connectivity index (χ4v) is 13.6. The Morgan fingerprint density at radius 1 is 0.384 bits per heavy atom. The van der Waals surface area contributed by atoms with Crippen LogP contribution < -0.4 is 4.90 Å². The Labute approximate surface area is 430 Å². The number of anilines is 3. The van der Waals surface area contributed by atoms with Crippen molar-refractivity contribution in [1.82, 2.24) is 0 Å². The maximum atomic E-state index is 2.64. The molecule has 13 aromatic rings. The van der Waals surface area contributed by atoms with Gasteiger partial charge >= 0.3 is 0 Å². The molecule has 1 aliphatic rings. The fraction of sp³-hybridized carbons (Fsp3) is 0.0704. The Balaban J connectivity index is 0.992. The normalized spacial score (nSPS) is 13.2. The molecule has 0 N–H and O–H groups in total. The van der Waals surface area contributed by atoms with Gasteiger partial charge < -0.3 is 4.90 Å². The highest BCUT2D eigenvalue weighted by molar-refractivity contribution is 7.25. The Bertz CT molecular complexity index is 4070. The van der Waals surface area contributed by atoms with Gasteiger partial charge in [0.25, 0.3) is 0 Å². The molecule has 2 heteroatoms. The van der Waals surface area contributed by atoms with Gasteiger partial charge in [-0.2, -0.15) is 0 Å². The van der Waals surface area contributed by atoms with Gasteiger partial charge in [0.1, 0.15) is 0 Å². The summed E-state index contributed by atoms with van der Waals surface area (Å²) in [6.07, 6.45) is 2.92. The molecule has 1 nitrogen and oxygen atoms in total. The van der Waals surface area contributed by atoms with Crippen LogP contribution in [0.4, 0.5) is 17.1 Å². The number of para-hydroxylation sites is 2. The molecule has 0 bridgehead atoms. The van der Waals surface area contributed by atoms with E-state index in [1.165, 1.54) is 103 Å². The van der Waals surface area contributed by atoms with Crippen molar-refractivity contribution < 1.29 is 0 Å². The molecule has 0 fully saturated rings. The third kappa shape index (κ3) is 7.36. The van der Waals surface area contributed by atoms with Crippen LogP contribution in [0.25, 0.3) is 63.6 Å². The number of hydrogen-bond donors (Lipinski definition) is 0. The molecule has 14 rings (SSSR count). The highest BCUT2D eigenvalue weighted by Gasteiger charge is 2.48. The Morgan fingerprint density at radius 3 is 1.62 bits per heavy atom. The minimum Gasteiger partial charge on any atom is -0.310 e. The summed E-state index contributed by atoms with van der Waals surface area (Å²) < 4.78 is 2.72. The lowest BCUT2D eigenvalue weighted by Crippen LogP contribution is -2.29. The van der Waals surface area contributed by atoms with Crippen molar-refractivity contribution in [2.75, 3.05) is 4.90 Å². The topological polar surface area (TPSA) is 3.24 Å². The summed E-state index contributed by atoms with van der Waals surface area (Å²) in [5.41, 5.74) is 14.7. The molecule has 0 amide bonds. The number of thiophene rings is 1. The van der Waals surface area contributed by atoms with E-state index in [4.69, 9.17) is 0 Å². The molecule has 12 aromatic carbocycles. The summed E-state index contributed by atoms with van der Waals surface area (Å²) in [7, 11) is 0. The third-order valence-corrected chi connectivity index (χ3v) is 17.0. The molecule has 0 radical (unpaired) electrons. The third-order valence-electron chi connectivity index (χ3n) is 15.8. The molecular formula is C71H51NS. The quantitative estimate of drug-likeness (QED) is 0.125. The molecular weight excluding hydrogens is 899 g/mol. The SMILES string of the molecule is c1ccc(C(CCc2cc3c(c4ccccc24)-c2ccc(N(c4ccccc4)c4ccccc4)cc2C3(c2ccc3ccccc3c2)c2ccc3ccccc3c2)Cc2ccc3c(c2)sc2ccccc23)cc1. The van der Waals surface area contributed by atoms with E-state index in [1.54, 1.807) is 0 Å². The number of rotatable bonds is 11. The van der Waals surface area contributed by atoms with Crippen LogP contribution in [-0.4, -0.2) is 0 Å². The Hall–Kier alpha value is -8.56. The van der Waals surface area contributed by atoms with Gasteiger partial charge in [-0.25, -0.2) is 0 Å². The first-order valence-electron chi connectivity index (χ1n) is 25.7. The molecule has 0 saturated carbocycles. The summed E-state index contributed by atoms with van der Waals surface area (Å²) in [5, 5.41) is 10.3. The van der Waals surface area contributed by atoms with Crippen molar-refractivity contribution in [2.45, 2.75) is 30.6 Å². The van der Waals surface area contributed by atoms with Gasteiger partial charge in [0.2, 0.25) is 0 Å². The van der Waals surface area contributed by atoms with Crippen LogP contribution in [0.15, 0.2) is 267 Å². The van der Waals surface area contributed by atoms with Crippen molar-refractivity contribution in [2.24, 2.45) is 0 Å². The zero-order valence-corrected chi connectivity index (χ0v) is 41.3. The molecule has 1 aliphatic carbocycles. The predicted molar refractivity (Wildman–Crippen MR) is 311 cm³/mol. The Morgan fingerprint density at radius 2 is 0.945 bits per heavy atom. The van der Waals surface area contributed by atoms with E-state index in [-0.39, 0.29) is 0 Å². The molecule has 0 saturated heterocycles. The number of aryl methyl sites for hydroxylation is 1. The second kappa shape index (κ2) is 17.9. The van der Waals surface area contributed by atoms with Crippen LogP contribution in [0.1, 0.15) is 51.3 Å². The molecule has 0 aliphatic heterocycles. The first kappa shape index (κ1) is 43.2. The summed E-state index contributed by atoms with van der Waals surface area (Å²) in [6.45, 7) is 0. The lowest BCUT2D eigenvalue weighted by molar-refractivity contribution is 0.622. The van der Waals surface area contributed by atoms with E-state index in [1.807, 2.05) is 11.3 Å². The highest BCUT2D eigenvalue weighted by Crippen LogP contribution is 2.60. The van der Waals surface area contributed by atoms with Crippen LogP contribution in [0, 0.1) is 0 Å². The van der Waals surface area contributed by atoms with Gasteiger partial charge in [0.05, 0.1) is 5.41 Å². The van der Waals surface area contributed by atoms with Gasteiger partial charge in [0, 0.05) is 37.2 Å². The molecule has 1 heterocycles. The van der Waals surface area contributed by atoms with Gasteiger partial charge in [-0.1, -0.05) is 206 Å². The average Bonchev–Trinajstić information content (AvgIpc) is 3.98. The van der Waals surface area contributed by atoms with Gasteiger partial charge in [-0.05, 0) is 168 Å². The van der Waals surface area contributed by atoms with Gasteiger partial charge in [-0.3, -0.25) is 0 Å². The Kier molecular flexibility index (Phi) is 10.6. The van der Waals surface area contributed by atoms with E-state index < -0.39 is 5.41 Å². The zero-order valence-electron chi connectivity index (χ0n) is 40.5. The molecule has 1 unspecified atom stereocenters. The first-order chi connectivity index (χ1) is 36.2. The van der Waals surface area contributed by atoms with E-state index in [0.717, 1.165) is 36.3 Å². The minimum absolute atomic E-state index is 0.326. The number of nitrogens with zero attached hydrogens (tertiary/aromatic N) is 1. The summed E-state index contributed by atoms with van der Waals surface area (Å²) in [4.78, 5) is 2.42. The van der Waals surface area contributed by atoms with Crippen molar-refractivity contribution in [3.63, 3.8) is 0 Å². The second-order valence-corrected chi connectivity index (χ2v) is 21.0.